The number of benzene rings is 1. The third-order valence-corrected chi connectivity index (χ3v) is 2.97. The van der Waals surface area contributed by atoms with Gasteiger partial charge in [0.05, 0.1) is 6.04 Å². The molecule has 0 radical (unpaired) electrons. The maximum absolute atomic E-state index is 11.9. The number of Topliss-reactive ketones (excluding diaryl/α,β-unsaturated/α-hetero) is 1. The molecule has 1 aromatic rings. The van der Waals surface area contributed by atoms with Gasteiger partial charge < -0.3 is 10.4 Å². The fourth-order valence-electron chi connectivity index (χ4n) is 1.83. The van der Waals surface area contributed by atoms with Crippen molar-refractivity contribution >= 4 is 17.7 Å². The molecule has 0 aliphatic rings. The molecule has 0 heterocycles. The average Bonchev–Trinajstić information content (AvgIpc) is 2.42. The zero-order valence-electron chi connectivity index (χ0n) is 11.5. The Morgan fingerprint density at radius 2 is 1.80 bits per heavy atom. The standard InChI is InChI=1S/C15H19NO4/c1-11(17)13(9-5-6-10-14(18)19)16-15(20)12-7-3-2-4-8-12/h2-4,7-8,13H,5-6,9-10H2,1H3,(H,16,20)(H,18,19). The maximum atomic E-state index is 11.9. The highest BCUT2D eigenvalue weighted by Crippen LogP contribution is 2.07. The summed E-state index contributed by atoms with van der Waals surface area (Å²) in [4.78, 5) is 33.9. The van der Waals surface area contributed by atoms with Crippen molar-refractivity contribution in [3.8, 4) is 0 Å². The molecule has 108 valence electrons. The van der Waals surface area contributed by atoms with Crippen LogP contribution >= 0.6 is 0 Å². The molecule has 0 bridgehead atoms. The van der Waals surface area contributed by atoms with Gasteiger partial charge in [-0.2, -0.15) is 0 Å². The lowest BCUT2D eigenvalue weighted by atomic mass is 10.0. The van der Waals surface area contributed by atoms with Crippen LogP contribution in [0.4, 0.5) is 0 Å². The molecule has 1 rings (SSSR count). The fraction of sp³-hybridized carbons (Fsp3) is 0.400. The van der Waals surface area contributed by atoms with Crippen LogP contribution in [-0.4, -0.2) is 28.8 Å². The van der Waals surface area contributed by atoms with E-state index in [4.69, 9.17) is 5.11 Å². The quantitative estimate of drug-likeness (QED) is 0.712. The van der Waals surface area contributed by atoms with E-state index >= 15 is 0 Å². The molecule has 5 nitrogen and oxygen atoms in total. The number of hydrogen-bond acceptors (Lipinski definition) is 3. The van der Waals surface area contributed by atoms with Crippen molar-refractivity contribution in [2.45, 2.75) is 38.6 Å². The first-order chi connectivity index (χ1) is 9.50. The van der Waals surface area contributed by atoms with Crippen LogP contribution in [0.15, 0.2) is 30.3 Å². The van der Waals surface area contributed by atoms with Crippen LogP contribution in [0.25, 0.3) is 0 Å². The van der Waals surface area contributed by atoms with Crippen LogP contribution in [0, 0.1) is 0 Å². The highest BCUT2D eigenvalue weighted by atomic mass is 16.4. The summed E-state index contributed by atoms with van der Waals surface area (Å²) in [5, 5.41) is 11.2. The summed E-state index contributed by atoms with van der Waals surface area (Å²) in [5.74, 6) is -1.26. The molecule has 1 amide bonds. The van der Waals surface area contributed by atoms with Crippen LogP contribution in [0.5, 0.6) is 0 Å². The molecule has 0 fully saturated rings. The molecule has 1 atom stereocenters. The van der Waals surface area contributed by atoms with E-state index in [1.165, 1.54) is 6.92 Å². The van der Waals surface area contributed by atoms with E-state index in [9.17, 15) is 14.4 Å². The van der Waals surface area contributed by atoms with Crippen molar-refractivity contribution in [1.29, 1.82) is 0 Å². The summed E-state index contributed by atoms with van der Waals surface area (Å²) in [5.41, 5.74) is 0.504. The first-order valence-electron chi connectivity index (χ1n) is 6.59. The normalized spacial score (nSPS) is 11.7. The summed E-state index contributed by atoms with van der Waals surface area (Å²) in [6.45, 7) is 1.42. The molecular formula is C15H19NO4. The number of carboxylic acid groups (broad SMARTS) is 1. The second-order valence-corrected chi connectivity index (χ2v) is 4.64. The van der Waals surface area contributed by atoms with Crippen molar-refractivity contribution in [3.63, 3.8) is 0 Å². The minimum Gasteiger partial charge on any atom is -0.481 e. The maximum Gasteiger partial charge on any atom is 0.303 e. The van der Waals surface area contributed by atoms with Gasteiger partial charge >= 0.3 is 5.97 Å². The molecule has 2 N–H and O–H groups in total. The van der Waals surface area contributed by atoms with Gasteiger partial charge in [0.15, 0.2) is 5.78 Å². The number of ketones is 1. The largest absolute Gasteiger partial charge is 0.481 e. The summed E-state index contributed by atoms with van der Waals surface area (Å²) in [6, 6.07) is 8.12. The van der Waals surface area contributed by atoms with Crippen LogP contribution in [-0.2, 0) is 9.59 Å². The number of aliphatic carboxylic acids is 1. The van der Waals surface area contributed by atoms with Crippen LogP contribution < -0.4 is 5.32 Å². The Bertz CT molecular complexity index is 470. The second kappa shape index (κ2) is 8.09. The Hall–Kier alpha value is -2.17. The van der Waals surface area contributed by atoms with Crippen molar-refractivity contribution in [3.05, 3.63) is 35.9 Å². The first kappa shape index (κ1) is 15.9. The number of carbonyl (C=O) groups excluding carboxylic acids is 2. The average molecular weight is 277 g/mol. The zero-order chi connectivity index (χ0) is 15.0. The molecule has 1 aromatic carbocycles. The van der Waals surface area contributed by atoms with Crippen LogP contribution in [0.2, 0.25) is 0 Å². The molecule has 0 saturated carbocycles. The lowest BCUT2D eigenvalue weighted by Crippen LogP contribution is -2.39. The molecule has 0 aliphatic carbocycles. The molecule has 0 aromatic heterocycles. The van der Waals surface area contributed by atoms with Crippen molar-refractivity contribution < 1.29 is 19.5 Å². The summed E-state index contributed by atoms with van der Waals surface area (Å²) < 4.78 is 0. The van der Waals surface area contributed by atoms with Gasteiger partial charge in [-0.1, -0.05) is 24.6 Å². The van der Waals surface area contributed by atoms with Crippen molar-refractivity contribution in [2.75, 3.05) is 0 Å². The van der Waals surface area contributed by atoms with Gasteiger partial charge in [0.2, 0.25) is 0 Å². The molecule has 0 aliphatic heterocycles. The van der Waals surface area contributed by atoms with Crippen LogP contribution in [0.3, 0.4) is 0 Å². The number of unbranched alkanes of at least 4 members (excludes halogenated alkanes) is 1. The van der Waals surface area contributed by atoms with Crippen molar-refractivity contribution in [1.82, 2.24) is 5.32 Å². The predicted molar refractivity (Wildman–Crippen MR) is 74.5 cm³/mol. The number of hydrogen-bond donors (Lipinski definition) is 2. The smallest absolute Gasteiger partial charge is 0.303 e. The third-order valence-electron chi connectivity index (χ3n) is 2.97. The van der Waals surface area contributed by atoms with Gasteiger partial charge in [-0.15, -0.1) is 0 Å². The number of rotatable bonds is 8. The van der Waals surface area contributed by atoms with E-state index < -0.39 is 12.0 Å². The molecule has 0 saturated heterocycles. The van der Waals surface area contributed by atoms with E-state index in [0.29, 0.717) is 24.8 Å². The predicted octanol–water partition coefficient (Wildman–Crippen LogP) is 2.02. The van der Waals surface area contributed by atoms with Gasteiger partial charge in [0.1, 0.15) is 0 Å². The zero-order valence-corrected chi connectivity index (χ0v) is 11.5. The van der Waals surface area contributed by atoms with E-state index in [1.54, 1.807) is 24.3 Å². The van der Waals surface area contributed by atoms with Crippen molar-refractivity contribution in [2.24, 2.45) is 0 Å². The minimum atomic E-state index is -0.849. The lowest BCUT2D eigenvalue weighted by Gasteiger charge is -2.15. The lowest BCUT2D eigenvalue weighted by molar-refractivity contribution is -0.137. The fourth-order valence-corrected chi connectivity index (χ4v) is 1.83. The molecule has 20 heavy (non-hydrogen) atoms. The first-order valence-corrected chi connectivity index (χ1v) is 6.59. The van der Waals surface area contributed by atoms with E-state index in [-0.39, 0.29) is 18.1 Å². The van der Waals surface area contributed by atoms with E-state index in [2.05, 4.69) is 5.32 Å². The summed E-state index contributed by atoms with van der Waals surface area (Å²) >= 11 is 0. The highest BCUT2D eigenvalue weighted by molar-refractivity contribution is 5.97. The molecule has 1 unspecified atom stereocenters. The second-order valence-electron chi connectivity index (χ2n) is 4.64. The van der Waals surface area contributed by atoms with E-state index in [1.807, 2.05) is 6.07 Å². The van der Waals surface area contributed by atoms with Gasteiger partial charge in [-0.05, 0) is 31.9 Å². The Balaban J connectivity index is 2.49. The molecule has 5 heteroatoms. The Labute approximate surface area is 118 Å². The molecular weight excluding hydrogens is 258 g/mol. The highest BCUT2D eigenvalue weighted by Gasteiger charge is 2.17. The number of carboxylic acids is 1. The summed E-state index contributed by atoms with van der Waals surface area (Å²) in [6.07, 6.45) is 1.63. The van der Waals surface area contributed by atoms with E-state index in [0.717, 1.165) is 0 Å². The van der Waals surface area contributed by atoms with Gasteiger partial charge in [0.25, 0.3) is 5.91 Å². The Morgan fingerprint density at radius 1 is 1.15 bits per heavy atom. The SMILES string of the molecule is CC(=O)C(CCCCC(=O)O)NC(=O)c1ccccc1. The molecule has 0 spiro atoms. The Kier molecular flexibility index (Phi) is 6.43. The minimum absolute atomic E-state index is 0.0806. The number of carbonyl (C=O) groups is 3. The van der Waals surface area contributed by atoms with Gasteiger partial charge in [-0.25, -0.2) is 0 Å². The van der Waals surface area contributed by atoms with Gasteiger partial charge in [0, 0.05) is 12.0 Å². The number of nitrogens with one attached hydrogen (secondary N) is 1. The third kappa shape index (κ3) is 5.65. The number of amides is 1. The topological polar surface area (TPSA) is 83.5 Å². The Morgan fingerprint density at radius 3 is 2.35 bits per heavy atom. The monoisotopic (exact) mass is 277 g/mol. The van der Waals surface area contributed by atoms with Gasteiger partial charge in [-0.3, -0.25) is 14.4 Å². The van der Waals surface area contributed by atoms with Crippen LogP contribution in [0.1, 0.15) is 43.0 Å². The summed E-state index contributed by atoms with van der Waals surface area (Å²) in [7, 11) is 0.